The van der Waals surface area contributed by atoms with Crippen molar-refractivity contribution in [2.45, 2.75) is 6.92 Å². The van der Waals surface area contributed by atoms with E-state index in [1.54, 1.807) is 19.1 Å². The molecule has 41 heavy (non-hydrogen) atoms. The van der Waals surface area contributed by atoms with Gasteiger partial charge in [0, 0.05) is 21.9 Å². The van der Waals surface area contributed by atoms with E-state index in [0.29, 0.717) is 54.8 Å². The molecule has 0 saturated carbocycles. The number of thiophene rings is 1. The zero-order valence-electron chi connectivity index (χ0n) is 21.9. The van der Waals surface area contributed by atoms with E-state index >= 15 is 0 Å². The number of carbonyl (C=O) groups is 2. The van der Waals surface area contributed by atoms with Gasteiger partial charge in [0.1, 0.15) is 22.0 Å². The summed E-state index contributed by atoms with van der Waals surface area (Å²) in [6.45, 7) is 1.97. The zero-order chi connectivity index (χ0) is 28.3. The molecule has 0 aliphatic heterocycles. The van der Waals surface area contributed by atoms with E-state index in [4.69, 9.17) is 25.7 Å². The molecule has 3 aromatic heterocycles. The van der Waals surface area contributed by atoms with Gasteiger partial charge in [0.2, 0.25) is 0 Å². The van der Waals surface area contributed by atoms with Crippen LogP contribution in [0.5, 0.6) is 0 Å². The number of ether oxygens (including phenoxy) is 1. The summed E-state index contributed by atoms with van der Waals surface area (Å²) >= 11 is 7.65. The standard InChI is InChI=1S/C33H23ClN2O4S/c1-2-39-33(38)30-24(20-10-4-3-5-11-20)19-41-32(30)36-31(37)23-18-27(35-26-15-9-7-12-21(23)26)29-17-16-28(40-29)22-13-6-8-14-25(22)34/h3-19H,2H2,1H3,(H,36,37). The van der Waals surface area contributed by atoms with Crippen molar-refractivity contribution >= 4 is 50.7 Å². The van der Waals surface area contributed by atoms with E-state index in [1.165, 1.54) is 11.3 Å². The number of halogens is 1. The van der Waals surface area contributed by atoms with Crippen LogP contribution in [0.25, 0.3) is 44.8 Å². The lowest BCUT2D eigenvalue weighted by Crippen LogP contribution is -2.15. The van der Waals surface area contributed by atoms with Gasteiger partial charge in [-0.05, 0) is 48.9 Å². The van der Waals surface area contributed by atoms with Gasteiger partial charge in [0.05, 0.1) is 22.7 Å². The number of nitrogens with one attached hydrogen (secondary N) is 1. The Morgan fingerprint density at radius 3 is 2.44 bits per heavy atom. The molecular formula is C33H23ClN2O4S. The number of benzene rings is 3. The van der Waals surface area contributed by atoms with Crippen molar-refractivity contribution in [2.24, 2.45) is 0 Å². The van der Waals surface area contributed by atoms with Crippen LogP contribution >= 0.6 is 22.9 Å². The van der Waals surface area contributed by atoms with Crippen LogP contribution in [0.1, 0.15) is 27.6 Å². The second kappa shape index (κ2) is 11.4. The van der Waals surface area contributed by atoms with Crippen LogP contribution in [0.4, 0.5) is 5.00 Å². The summed E-state index contributed by atoms with van der Waals surface area (Å²) in [5.74, 6) is 0.215. The van der Waals surface area contributed by atoms with E-state index in [0.717, 1.165) is 11.1 Å². The molecule has 0 spiro atoms. The Kier molecular flexibility index (Phi) is 7.37. The number of fused-ring (bicyclic) bond motifs is 1. The minimum absolute atomic E-state index is 0.216. The molecule has 1 N–H and O–H groups in total. The van der Waals surface area contributed by atoms with Gasteiger partial charge in [-0.3, -0.25) is 4.79 Å². The highest BCUT2D eigenvalue weighted by Gasteiger charge is 2.24. The first-order chi connectivity index (χ1) is 20.0. The summed E-state index contributed by atoms with van der Waals surface area (Å²) in [7, 11) is 0. The van der Waals surface area contributed by atoms with E-state index in [-0.39, 0.29) is 12.5 Å². The third-order valence-corrected chi connectivity index (χ3v) is 7.77. The molecule has 3 heterocycles. The Morgan fingerprint density at radius 1 is 0.902 bits per heavy atom. The third-order valence-electron chi connectivity index (χ3n) is 6.54. The molecule has 1 amide bonds. The molecule has 0 radical (unpaired) electrons. The molecular weight excluding hydrogens is 556 g/mol. The normalized spacial score (nSPS) is 11.0. The highest BCUT2D eigenvalue weighted by atomic mass is 35.5. The van der Waals surface area contributed by atoms with Crippen LogP contribution in [0, 0.1) is 0 Å². The molecule has 0 saturated heterocycles. The molecule has 0 fully saturated rings. The first-order valence-corrected chi connectivity index (χ1v) is 14.2. The highest BCUT2D eigenvalue weighted by molar-refractivity contribution is 7.15. The van der Waals surface area contributed by atoms with E-state index in [2.05, 4.69) is 5.32 Å². The second-order valence-electron chi connectivity index (χ2n) is 9.11. The second-order valence-corrected chi connectivity index (χ2v) is 10.4. The van der Waals surface area contributed by atoms with E-state index < -0.39 is 5.97 Å². The summed E-state index contributed by atoms with van der Waals surface area (Å²) in [6, 6.07) is 29.7. The Balaban J connectivity index is 1.40. The first kappa shape index (κ1) is 26.5. The summed E-state index contributed by atoms with van der Waals surface area (Å²) in [4.78, 5) is 31.6. The number of furan rings is 1. The number of anilines is 1. The van der Waals surface area contributed by atoms with Gasteiger partial charge in [-0.15, -0.1) is 11.3 Å². The maximum atomic E-state index is 13.8. The predicted octanol–water partition coefficient (Wildman–Crippen LogP) is 8.97. The van der Waals surface area contributed by atoms with Gasteiger partial charge < -0.3 is 14.5 Å². The monoisotopic (exact) mass is 578 g/mol. The average Bonchev–Trinajstić information content (AvgIpc) is 3.65. The number of para-hydroxylation sites is 1. The van der Waals surface area contributed by atoms with Crippen LogP contribution in [0.2, 0.25) is 5.02 Å². The minimum Gasteiger partial charge on any atom is -0.462 e. The third kappa shape index (κ3) is 5.25. The van der Waals surface area contributed by atoms with Crippen molar-refractivity contribution < 1.29 is 18.7 Å². The highest BCUT2D eigenvalue weighted by Crippen LogP contribution is 2.37. The van der Waals surface area contributed by atoms with Crippen molar-refractivity contribution in [1.82, 2.24) is 4.98 Å². The van der Waals surface area contributed by atoms with Gasteiger partial charge in [0.25, 0.3) is 5.91 Å². The van der Waals surface area contributed by atoms with Gasteiger partial charge in [-0.2, -0.15) is 0 Å². The van der Waals surface area contributed by atoms with Crippen LogP contribution in [-0.2, 0) is 4.74 Å². The largest absolute Gasteiger partial charge is 0.462 e. The van der Waals surface area contributed by atoms with Crippen molar-refractivity contribution in [3.63, 3.8) is 0 Å². The Morgan fingerprint density at radius 2 is 1.63 bits per heavy atom. The number of esters is 1. The van der Waals surface area contributed by atoms with E-state index in [9.17, 15) is 9.59 Å². The summed E-state index contributed by atoms with van der Waals surface area (Å²) in [6.07, 6.45) is 0. The molecule has 3 aromatic carbocycles. The van der Waals surface area contributed by atoms with Crippen LogP contribution in [0.15, 0.2) is 107 Å². The molecule has 0 atom stereocenters. The molecule has 202 valence electrons. The number of hydrogen-bond donors (Lipinski definition) is 1. The molecule has 6 nitrogen and oxygen atoms in total. The van der Waals surface area contributed by atoms with Crippen molar-refractivity contribution in [3.8, 4) is 33.9 Å². The fraction of sp³-hybridized carbons (Fsp3) is 0.0606. The Labute approximate surface area is 245 Å². The van der Waals surface area contributed by atoms with Crippen LogP contribution in [0.3, 0.4) is 0 Å². The Bertz CT molecular complexity index is 1890. The molecule has 6 rings (SSSR count). The lowest BCUT2D eigenvalue weighted by atomic mass is 10.0. The predicted molar refractivity (Wildman–Crippen MR) is 164 cm³/mol. The quantitative estimate of drug-likeness (QED) is 0.191. The zero-order valence-corrected chi connectivity index (χ0v) is 23.5. The van der Waals surface area contributed by atoms with Gasteiger partial charge in [0.15, 0.2) is 5.76 Å². The fourth-order valence-electron chi connectivity index (χ4n) is 4.63. The summed E-state index contributed by atoms with van der Waals surface area (Å²) in [5.41, 5.74) is 4.17. The summed E-state index contributed by atoms with van der Waals surface area (Å²) < 4.78 is 11.5. The maximum absolute atomic E-state index is 13.8. The lowest BCUT2D eigenvalue weighted by Gasteiger charge is -2.11. The van der Waals surface area contributed by atoms with Gasteiger partial charge in [-0.1, -0.05) is 72.3 Å². The molecule has 6 aromatic rings. The average molecular weight is 579 g/mol. The molecule has 8 heteroatoms. The lowest BCUT2D eigenvalue weighted by molar-refractivity contribution is 0.0529. The number of nitrogens with zero attached hydrogens (tertiary/aromatic N) is 1. The number of carbonyl (C=O) groups excluding carboxylic acids is 2. The first-order valence-electron chi connectivity index (χ1n) is 12.9. The van der Waals surface area contributed by atoms with Gasteiger partial charge >= 0.3 is 5.97 Å². The molecule has 0 unspecified atom stereocenters. The van der Waals surface area contributed by atoms with Crippen molar-refractivity contribution in [2.75, 3.05) is 11.9 Å². The molecule has 0 aliphatic carbocycles. The van der Waals surface area contributed by atoms with Crippen molar-refractivity contribution in [3.05, 3.63) is 119 Å². The smallest absolute Gasteiger partial charge is 0.341 e. The van der Waals surface area contributed by atoms with Crippen molar-refractivity contribution in [1.29, 1.82) is 0 Å². The number of rotatable bonds is 7. The maximum Gasteiger partial charge on any atom is 0.341 e. The SMILES string of the molecule is CCOC(=O)c1c(-c2ccccc2)csc1NC(=O)c1cc(-c2ccc(-c3ccccc3Cl)o2)nc2ccccc12. The number of hydrogen-bond acceptors (Lipinski definition) is 6. The minimum atomic E-state index is -0.495. The number of amides is 1. The number of pyridine rings is 1. The Hall–Kier alpha value is -4.72. The van der Waals surface area contributed by atoms with Crippen LogP contribution in [-0.4, -0.2) is 23.5 Å². The molecule has 0 bridgehead atoms. The van der Waals surface area contributed by atoms with Gasteiger partial charge in [-0.25, -0.2) is 9.78 Å². The fourth-order valence-corrected chi connectivity index (χ4v) is 5.81. The molecule has 0 aliphatic rings. The topological polar surface area (TPSA) is 81.4 Å². The van der Waals surface area contributed by atoms with E-state index in [1.807, 2.05) is 90.3 Å². The van der Waals surface area contributed by atoms with Crippen LogP contribution < -0.4 is 5.32 Å². The summed E-state index contributed by atoms with van der Waals surface area (Å²) in [5, 5.41) is 6.48. The number of aromatic nitrogens is 1.